The number of alkyl carbamates (subject to hydrolysis) is 1. The number of rotatable bonds is 16. The number of aliphatic imine (C=N–C) groups is 2. The Morgan fingerprint density at radius 1 is 0.815 bits per heavy atom. The zero-order valence-electron chi connectivity index (χ0n) is 46.6. The number of amidine groups is 2. The van der Waals surface area contributed by atoms with Gasteiger partial charge in [-0.25, -0.2) is 49.7 Å². The molecular weight excluding hydrogens is 1110 g/mol. The number of aryl methyl sites for hydroxylation is 1. The summed E-state index contributed by atoms with van der Waals surface area (Å²) < 4.78 is 138. The summed E-state index contributed by atoms with van der Waals surface area (Å²) in [7, 11) is -7.37. The summed E-state index contributed by atoms with van der Waals surface area (Å²) in [6.45, 7) is 13.4. The lowest BCUT2D eigenvalue weighted by atomic mass is 9.79. The number of ether oxygens (including phenoxy) is 3. The van der Waals surface area contributed by atoms with Crippen LogP contribution in [0.3, 0.4) is 0 Å². The van der Waals surface area contributed by atoms with Gasteiger partial charge < -0.3 is 30.6 Å². The summed E-state index contributed by atoms with van der Waals surface area (Å²) in [6, 6.07) is 11.5. The first kappa shape index (κ1) is 60.4. The highest BCUT2D eigenvalue weighted by molar-refractivity contribution is 8.20. The molecule has 440 valence electrons. The molecule has 81 heavy (non-hydrogen) atoms. The molecule has 18 nitrogen and oxygen atoms in total. The second-order valence-electron chi connectivity index (χ2n) is 23.2. The highest BCUT2D eigenvalue weighted by Crippen LogP contribution is 2.56. The number of nitrogens with two attached hydrogens (primary N) is 1. The van der Waals surface area contributed by atoms with Gasteiger partial charge in [0.1, 0.15) is 80.8 Å². The third-order valence-electron chi connectivity index (χ3n) is 16.0. The summed E-state index contributed by atoms with van der Waals surface area (Å²) in [4.78, 5) is 59.0. The maximum atomic E-state index is 16.6. The van der Waals surface area contributed by atoms with Gasteiger partial charge in [0.15, 0.2) is 0 Å². The van der Waals surface area contributed by atoms with E-state index in [0.29, 0.717) is 18.5 Å². The molecule has 2 unspecified atom stereocenters. The van der Waals surface area contributed by atoms with Crippen LogP contribution in [-0.2, 0) is 41.2 Å². The van der Waals surface area contributed by atoms with Crippen molar-refractivity contribution in [1.29, 1.82) is 0 Å². The van der Waals surface area contributed by atoms with Crippen LogP contribution in [0.2, 0.25) is 0 Å². The highest BCUT2D eigenvalue weighted by atomic mass is 32.3. The number of nitrogens with one attached hydrogen (secondary N) is 4. The van der Waals surface area contributed by atoms with Crippen LogP contribution in [0.25, 0.3) is 0 Å². The van der Waals surface area contributed by atoms with Gasteiger partial charge in [0.25, 0.3) is 24.7 Å². The number of anilines is 2. The Hall–Kier alpha value is -6.67. The first-order valence-electron chi connectivity index (χ1n) is 26.2. The normalized spacial score (nSPS) is 26.3. The lowest BCUT2D eigenvalue weighted by Gasteiger charge is -2.59. The van der Waals surface area contributed by atoms with E-state index in [-0.39, 0.29) is 82.9 Å². The minimum absolute atomic E-state index is 0.00224. The smallest absolute Gasteiger partial charge is 0.413 e. The Morgan fingerprint density at radius 2 is 1.41 bits per heavy atom. The molecule has 0 aliphatic carbocycles. The Labute approximate surface area is 466 Å². The molecule has 4 aliphatic heterocycles. The van der Waals surface area contributed by atoms with E-state index >= 15 is 17.2 Å². The van der Waals surface area contributed by atoms with Crippen LogP contribution in [0.15, 0.2) is 81.3 Å². The van der Waals surface area contributed by atoms with Gasteiger partial charge in [0.05, 0.1) is 43.9 Å². The maximum Gasteiger partial charge on any atom is 0.413 e. The Morgan fingerprint density at radius 3 is 2.00 bits per heavy atom. The van der Waals surface area contributed by atoms with Gasteiger partial charge in [-0.05, 0) is 163 Å². The number of benzene rings is 2. The number of hydrogen-bond acceptors (Lipinski definition) is 14. The quantitative estimate of drug-likeness (QED) is 0.0662. The van der Waals surface area contributed by atoms with Crippen molar-refractivity contribution in [3.8, 4) is 11.5 Å². The van der Waals surface area contributed by atoms with Gasteiger partial charge in [0, 0.05) is 35.3 Å². The number of carbonyl (C=O) groups excluding carboxylic acids is 3. The fourth-order valence-electron chi connectivity index (χ4n) is 11.4. The van der Waals surface area contributed by atoms with Crippen molar-refractivity contribution in [2.75, 3.05) is 43.2 Å². The van der Waals surface area contributed by atoms with Gasteiger partial charge in [-0.1, -0.05) is 0 Å². The summed E-state index contributed by atoms with van der Waals surface area (Å²) in [5, 5.41) is 6.35. The first-order valence-corrected chi connectivity index (χ1v) is 30.2. The van der Waals surface area contributed by atoms with E-state index in [4.69, 9.17) is 34.3 Å². The Kier molecular flexibility index (Phi) is 16.1. The number of alkyl halides is 4. The molecule has 0 radical (unpaired) electrons. The van der Waals surface area contributed by atoms with Gasteiger partial charge in [-0.15, -0.1) is 0 Å². The topological polar surface area (TPSA) is 250 Å². The molecule has 0 spiro atoms. The van der Waals surface area contributed by atoms with Crippen molar-refractivity contribution >= 4 is 59.9 Å². The summed E-state index contributed by atoms with van der Waals surface area (Å²) >= 11 is 0. The SMILES string of the molecule is CC(C)(C)OC(=O)NC1=N[C@](C)(c2cc(NC(=O)c3ccc(OCC(F)F)cn3)ccc2F)[C@@H]2C(CCCc3cc(C(=O)Nc4ccc(F)c([C@@]5(C)N=C(N)C(C)(C)S6(C)(=O)NCC[C@@H]56)c4)ncc3OCC(F)F)CN=S2(=O)C1(C)C. The number of halogens is 6. The van der Waals surface area contributed by atoms with Crippen LogP contribution < -0.4 is 35.9 Å². The molecule has 2 aromatic heterocycles. The van der Waals surface area contributed by atoms with E-state index in [2.05, 4.69) is 30.6 Å². The Balaban J connectivity index is 1.08. The molecule has 2 aromatic carbocycles. The summed E-state index contributed by atoms with van der Waals surface area (Å²) in [5.41, 5.74) is 2.54. The molecule has 8 rings (SSSR count). The third kappa shape index (κ3) is 11.2. The molecule has 0 saturated carbocycles. The number of fused-ring (bicyclic) bond motifs is 2. The number of amides is 3. The number of carbonyl (C=O) groups is 3. The first-order chi connectivity index (χ1) is 37.6. The number of aromatic nitrogens is 2. The highest BCUT2D eigenvalue weighted by Gasteiger charge is 2.66. The van der Waals surface area contributed by atoms with Crippen molar-refractivity contribution < 1.29 is 63.4 Å². The second-order valence-corrected chi connectivity index (χ2v) is 30.8. The van der Waals surface area contributed by atoms with Gasteiger partial charge in [-0.2, -0.15) is 0 Å². The van der Waals surface area contributed by atoms with Gasteiger partial charge in [0.2, 0.25) is 0 Å². The van der Waals surface area contributed by atoms with Crippen molar-refractivity contribution in [3.63, 3.8) is 0 Å². The van der Waals surface area contributed by atoms with E-state index in [9.17, 15) is 31.9 Å². The van der Waals surface area contributed by atoms with E-state index in [1.165, 1.54) is 42.5 Å². The molecule has 6 N–H and O–H groups in total. The van der Waals surface area contributed by atoms with Crippen molar-refractivity contribution in [2.24, 2.45) is 26.0 Å². The molecule has 6 heterocycles. The van der Waals surface area contributed by atoms with Crippen molar-refractivity contribution in [3.05, 3.63) is 107 Å². The monoisotopic (exact) mass is 1170 g/mol. The molecule has 6 atom stereocenters. The largest absolute Gasteiger partial charge is 0.486 e. The number of pyridine rings is 2. The summed E-state index contributed by atoms with van der Waals surface area (Å²) in [6.07, 6.45) is -1.68. The number of nitrogens with zero attached hydrogens (tertiary/aromatic N) is 5. The molecule has 4 aromatic rings. The molecular formula is C55H68F6N10O8S2. The maximum absolute atomic E-state index is 16.6. The average Bonchev–Trinajstić information content (AvgIpc) is 1.77. The third-order valence-corrected chi connectivity index (χ3v) is 25.4. The van der Waals surface area contributed by atoms with E-state index in [0.717, 1.165) is 24.5 Å². The molecule has 3 amide bonds. The summed E-state index contributed by atoms with van der Waals surface area (Å²) in [5.74, 6) is -3.64. The van der Waals surface area contributed by atoms with Crippen LogP contribution in [0.1, 0.15) is 119 Å². The minimum Gasteiger partial charge on any atom is -0.486 e. The fourth-order valence-corrected chi connectivity index (χ4v) is 19.3. The van der Waals surface area contributed by atoms with E-state index in [1.807, 2.05) is 0 Å². The Bertz CT molecular complexity index is 3420. The average molecular weight is 1180 g/mol. The van der Waals surface area contributed by atoms with Crippen molar-refractivity contribution in [2.45, 2.75) is 138 Å². The molecule has 26 heteroatoms. The predicted molar refractivity (Wildman–Crippen MR) is 298 cm³/mol. The lowest BCUT2D eigenvalue weighted by molar-refractivity contribution is 0.0560. The fraction of sp³-hybridized carbons (Fsp3) is 0.509. The van der Waals surface area contributed by atoms with Crippen molar-refractivity contribution in [1.82, 2.24) is 20.0 Å². The zero-order chi connectivity index (χ0) is 59.5. The minimum atomic E-state index is -3.82. The van der Waals surface area contributed by atoms with Gasteiger partial charge >= 0.3 is 6.09 Å². The molecule has 1 fully saturated rings. The van der Waals surface area contributed by atoms with Crippen LogP contribution in [0.5, 0.6) is 11.5 Å². The second kappa shape index (κ2) is 21.6. The predicted octanol–water partition coefficient (Wildman–Crippen LogP) is 9.06. The van der Waals surface area contributed by atoms with Crippen LogP contribution in [0, 0.1) is 17.6 Å². The lowest BCUT2D eigenvalue weighted by Crippen LogP contribution is -2.73. The molecule has 0 bridgehead atoms. The van der Waals surface area contributed by atoms with Crippen LogP contribution in [-0.4, -0.2) is 119 Å². The van der Waals surface area contributed by atoms with Crippen LogP contribution >= 0.6 is 0 Å². The van der Waals surface area contributed by atoms with E-state index in [1.54, 1.807) is 68.6 Å². The zero-order valence-corrected chi connectivity index (χ0v) is 48.2. The van der Waals surface area contributed by atoms with Crippen LogP contribution in [0.4, 0.5) is 42.5 Å². The standard InChI is InChI=1S/C55H68F6N10O8S2/c1-51(2,3)79-50(74)69-49-52(4,5)80(75)45(55(9,71-49)36-24-33(15-18-38(36)57)67-46(72)39-19-16-34(26-63-39)77-28-43(58)59)31(25-65-80)13-11-12-30-22-40(64-27-41(30)78-29-44(60)61)47(73)68-32-14-17-37(56)35(23-32)54(8)42-20-21-66-81(42,10,76)53(6,7)48(62)70-54/h14-19,22-24,26-27,31,42-45H,11-13,20-21,25,28-29H2,1-10H3,(H2,62,70)(H,66,76)(H,67,72)(H,68,73)(H,69,71,74)/t31?,42-,45-,54+,55+,80?/m0/s1. The molecule has 1 saturated heterocycles. The molecule has 4 aliphatic rings. The van der Waals surface area contributed by atoms with Gasteiger partial charge in [-0.3, -0.25) is 33.8 Å². The number of hydrogen-bond donors (Lipinski definition) is 5. The van der Waals surface area contributed by atoms with E-state index < -0.39 is 117 Å².